The molecule has 0 saturated carbocycles. The molecule has 0 atom stereocenters. The zero-order valence-electron chi connectivity index (χ0n) is 26.8. The Hall–Kier alpha value is -5.09. The van der Waals surface area contributed by atoms with Crippen LogP contribution >= 0.6 is 0 Å². The molecule has 0 aliphatic heterocycles. The average Bonchev–Trinajstić information content (AvgIpc) is 3.38. The van der Waals surface area contributed by atoms with Gasteiger partial charge in [-0.3, -0.25) is 4.98 Å². The van der Waals surface area contributed by atoms with Crippen molar-refractivity contribution >= 4 is 21.8 Å². The largest absolute Gasteiger partial charge is 0.309 e. The molecule has 7 rings (SSSR count). The minimum absolute atomic E-state index is 0.0638. The highest BCUT2D eigenvalue weighted by Gasteiger charge is 2.21. The summed E-state index contributed by atoms with van der Waals surface area (Å²) in [5.74, 6) is 0.676. The van der Waals surface area contributed by atoms with Gasteiger partial charge in [0.1, 0.15) is 0 Å². The van der Waals surface area contributed by atoms with E-state index >= 15 is 0 Å². The number of hydrogen-bond acceptors (Lipinski definition) is 3. The Bertz CT molecular complexity index is 2020. The fourth-order valence-corrected chi connectivity index (χ4v) is 5.97. The summed E-state index contributed by atoms with van der Waals surface area (Å²) in [5.41, 5.74) is 10.8. The van der Waals surface area contributed by atoms with Crippen LogP contribution in [0.3, 0.4) is 0 Å². The van der Waals surface area contributed by atoms with Gasteiger partial charge in [-0.15, -0.1) is 0 Å². The van der Waals surface area contributed by atoms with Crippen molar-refractivity contribution in [3.05, 3.63) is 133 Å². The van der Waals surface area contributed by atoms with E-state index in [4.69, 9.17) is 9.97 Å². The summed E-state index contributed by atoms with van der Waals surface area (Å²) in [4.78, 5) is 14.6. The predicted octanol–water partition coefficient (Wildman–Crippen LogP) is 10.6. The molecule has 4 aromatic carbocycles. The van der Waals surface area contributed by atoms with Gasteiger partial charge >= 0.3 is 0 Å². The van der Waals surface area contributed by atoms with Crippen molar-refractivity contribution in [2.24, 2.45) is 0 Å². The number of rotatable bonds is 4. The van der Waals surface area contributed by atoms with Crippen LogP contribution in [-0.4, -0.2) is 19.5 Å². The van der Waals surface area contributed by atoms with Crippen molar-refractivity contribution in [1.82, 2.24) is 19.5 Å². The molecule has 0 amide bonds. The maximum atomic E-state index is 5.01. The van der Waals surface area contributed by atoms with E-state index in [-0.39, 0.29) is 10.8 Å². The Morgan fingerprint density at radius 2 is 1.07 bits per heavy atom. The van der Waals surface area contributed by atoms with Crippen molar-refractivity contribution in [3.8, 4) is 39.7 Å². The maximum absolute atomic E-state index is 5.01. The summed E-state index contributed by atoms with van der Waals surface area (Å²) < 4.78 is 2.38. The number of hydrogen-bond donors (Lipinski definition) is 0. The Balaban J connectivity index is 1.38. The molecule has 3 aromatic heterocycles. The topological polar surface area (TPSA) is 43.6 Å². The van der Waals surface area contributed by atoms with E-state index in [0.717, 1.165) is 33.9 Å². The summed E-state index contributed by atoms with van der Waals surface area (Å²) in [5, 5.41) is 2.57. The lowest BCUT2D eigenvalue weighted by atomic mass is 9.85. The summed E-state index contributed by atoms with van der Waals surface area (Å²) in [6.45, 7) is 13.7. The number of benzene rings is 4. The van der Waals surface area contributed by atoms with Crippen LogP contribution < -0.4 is 0 Å². The zero-order chi connectivity index (χ0) is 31.3. The van der Waals surface area contributed by atoms with Gasteiger partial charge in [0.2, 0.25) is 0 Å². The second kappa shape index (κ2) is 10.8. The highest BCUT2D eigenvalue weighted by molar-refractivity contribution is 6.10. The van der Waals surface area contributed by atoms with Crippen molar-refractivity contribution < 1.29 is 0 Å². The second-order valence-corrected chi connectivity index (χ2v) is 13.9. The molecule has 222 valence electrons. The molecule has 0 saturated heterocycles. The molecule has 4 nitrogen and oxygen atoms in total. The first-order valence-corrected chi connectivity index (χ1v) is 15.6. The second-order valence-electron chi connectivity index (χ2n) is 13.9. The van der Waals surface area contributed by atoms with Crippen molar-refractivity contribution in [2.75, 3.05) is 0 Å². The van der Waals surface area contributed by atoms with Gasteiger partial charge in [-0.2, -0.15) is 0 Å². The zero-order valence-corrected chi connectivity index (χ0v) is 26.8. The molecular formula is C41H38N4. The van der Waals surface area contributed by atoms with E-state index in [1.807, 2.05) is 42.5 Å². The monoisotopic (exact) mass is 586 g/mol. The van der Waals surface area contributed by atoms with Gasteiger partial charge in [-0.1, -0.05) is 90.1 Å². The molecule has 0 unspecified atom stereocenters. The molecule has 3 heterocycles. The third-order valence-electron chi connectivity index (χ3n) is 8.60. The van der Waals surface area contributed by atoms with Gasteiger partial charge < -0.3 is 4.57 Å². The first kappa shape index (κ1) is 28.7. The molecule has 0 N–H and O–H groups in total. The lowest BCUT2D eigenvalue weighted by molar-refractivity contribution is 0.590. The van der Waals surface area contributed by atoms with Gasteiger partial charge in [0, 0.05) is 33.8 Å². The first-order chi connectivity index (χ1) is 21.6. The molecule has 0 bridgehead atoms. The quantitative estimate of drug-likeness (QED) is 0.206. The number of nitrogens with zero attached hydrogens (tertiary/aromatic N) is 4. The Morgan fingerprint density at radius 1 is 0.489 bits per heavy atom. The van der Waals surface area contributed by atoms with E-state index in [0.29, 0.717) is 5.82 Å². The number of pyridine rings is 1. The van der Waals surface area contributed by atoms with Crippen LogP contribution in [0, 0.1) is 0 Å². The van der Waals surface area contributed by atoms with Gasteiger partial charge in [0.05, 0.1) is 28.1 Å². The molecule has 7 aromatic rings. The summed E-state index contributed by atoms with van der Waals surface area (Å²) in [6, 6.07) is 40.7. The van der Waals surface area contributed by atoms with Crippen LogP contribution in [-0.2, 0) is 10.8 Å². The first-order valence-electron chi connectivity index (χ1n) is 15.6. The lowest BCUT2D eigenvalue weighted by Crippen LogP contribution is -2.10. The molecule has 0 aliphatic carbocycles. The number of fused-ring (bicyclic) bond motifs is 3. The van der Waals surface area contributed by atoms with E-state index < -0.39 is 0 Å². The molecule has 0 radical (unpaired) electrons. The minimum Gasteiger partial charge on any atom is -0.309 e. The summed E-state index contributed by atoms with van der Waals surface area (Å²) in [7, 11) is 0. The van der Waals surface area contributed by atoms with Gasteiger partial charge in [-0.05, 0) is 88.7 Å². The summed E-state index contributed by atoms with van der Waals surface area (Å²) in [6.07, 6.45) is 1.80. The predicted molar refractivity (Wildman–Crippen MR) is 188 cm³/mol. The van der Waals surface area contributed by atoms with Crippen LogP contribution in [0.5, 0.6) is 0 Å². The fourth-order valence-electron chi connectivity index (χ4n) is 5.97. The average molecular weight is 587 g/mol. The third kappa shape index (κ3) is 5.42. The van der Waals surface area contributed by atoms with Gasteiger partial charge in [0.25, 0.3) is 0 Å². The standard InChI is InChI=1S/C41H38N4/c1-40(2,3)29-17-21-37-32(24-29)33-25-30(41(4,5)6)18-22-38(33)45(37)31-19-15-28(16-20-31)39-43-35(27-12-8-7-9-13-27)26-36(44-39)34-14-10-11-23-42-34/h7-26H,1-6H3. The van der Waals surface area contributed by atoms with Crippen molar-refractivity contribution in [3.63, 3.8) is 0 Å². The highest BCUT2D eigenvalue weighted by Crippen LogP contribution is 2.38. The van der Waals surface area contributed by atoms with Crippen LogP contribution in [0.4, 0.5) is 0 Å². The van der Waals surface area contributed by atoms with Crippen LogP contribution in [0.2, 0.25) is 0 Å². The van der Waals surface area contributed by atoms with Gasteiger partial charge in [0.15, 0.2) is 5.82 Å². The molecule has 0 fully saturated rings. The minimum atomic E-state index is 0.0638. The van der Waals surface area contributed by atoms with E-state index in [9.17, 15) is 0 Å². The maximum Gasteiger partial charge on any atom is 0.160 e. The fraction of sp³-hybridized carbons (Fsp3) is 0.195. The third-order valence-corrected chi connectivity index (χ3v) is 8.60. The highest BCUT2D eigenvalue weighted by atomic mass is 15.0. The van der Waals surface area contributed by atoms with Crippen LogP contribution in [0.1, 0.15) is 52.7 Å². The normalized spacial score (nSPS) is 12.2. The molecule has 0 aliphatic rings. The number of aromatic nitrogens is 4. The van der Waals surface area contributed by atoms with Crippen molar-refractivity contribution in [2.45, 2.75) is 52.4 Å². The Labute approximate surface area is 265 Å². The van der Waals surface area contributed by atoms with Crippen LogP contribution in [0.15, 0.2) is 121 Å². The SMILES string of the molecule is CC(C)(C)c1ccc2c(c1)c1cc(C(C)(C)C)ccc1n2-c1ccc(-c2nc(-c3ccccc3)cc(-c3ccccn3)n2)cc1. The Morgan fingerprint density at radius 3 is 1.62 bits per heavy atom. The molecule has 4 heteroatoms. The van der Waals surface area contributed by atoms with E-state index in [1.165, 1.54) is 32.9 Å². The molecule has 0 spiro atoms. The van der Waals surface area contributed by atoms with Gasteiger partial charge in [-0.25, -0.2) is 9.97 Å². The smallest absolute Gasteiger partial charge is 0.160 e. The Kier molecular flexibility index (Phi) is 6.89. The molecular weight excluding hydrogens is 548 g/mol. The van der Waals surface area contributed by atoms with Crippen molar-refractivity contribution in [1.29, 1.82) is 0 Å². The lowest BCUT2D eigenvalue weighted by Gasteiger charge is -2.19. The van der Waals surface area contributed by atoms with E-state index in [2.05, 4.69) is 124 Å². The summed E-state index contributed by atoms with van der Waals surface area (Å²) >= 11 is 0. The van der Waals surface area contributed by atoms with Crippen LogP contribution in [0.25, 0.3) is 61.5 Å². The molecule has 45 heavy (non-hydrogen) atoms. The van der Waals surface area contributed by atoms with E-state index in [1.54, 1.807) is 6.20 Å².